The molecule has 0 bridgehead atoms. The fourth-order valence-corrected chi connectivity index (χ4v) is 3.08. The van der Waals surface area contributed by atoms with E-state index in [1.54, 1.807) is 5.38 Å². The molecule has 1 saturated heterocycles. The Bertz CT molecular complexity index is 642. The predicted octanol–water partition coefficient (Wildman–Crippen LogP) is 2.76. The van der Waals surface area contributed by atoms with Crippen LogP contribution in [0.1, 0.15) is 11.1 Å². The molecule has 4 nitrogen and oxygen atoms in total. The van der Waals surface area contributed by atoms with Gasteiger partial charge in [-0.2, -0.15) is 4.39 Å². The molecule has 0 spiro atoms. The van der Waals surface area contributed by atoms with Crippen molar-refractivity contribution in [3.63, 3.8) is 0 Å². The number of thiazole rings is 1. The van der Waals surface area contributed by atoms with E-state index in [0.29, 0.717) is 24.4 Å². The summed E-state index contributed by atoms with van der Waals surface area (Å²) >= 11 is 1.43. The number of aromatic nitrogens is 1. The lowest BCUT2D eigenvalue weighted by Gasteiger charge is -2.21. The molecule has 2 heterocycles. The van der Waals surface area contributed by atoms with Crippen LogP contribution in [-0.4, -0.2) is 31.8 Å². The first-order valence-electron chi connectivity index (χ1n) is 6.51. The number of rotatable bonds is 3. The Morgan fingerprint density at radius 3 is 3.00 bits per heavy atom. The van der Waals surface area contributed by atoms with Crippen molar-refractivity contribution in [2.75, 3.05) is 26.8 Å². The fraction of sp³-hybridized carbons (Fsp3) is 0.357. The molecule has 112 valence electrons. The highest BCUT2D eigenvalue weighted by Crippen LogP contribution is 2.35. The number of nitrogens with one attached hydrogen (secondary N) is 1. The van der Waals surface area contributed by atoms with Crippen LogP contribution in [-0.2, 0) is 4.74 Å². The van der Waals surface area contributed by atoms with E-state index in [2.05, 4.69) is 10.3 Å². The Morgan fingerprint density at radius 1 is 1.43 bits per heavy atom. The van der Waals surface area contributed by atoms with Crippen molar-refractivity contribution < 1.29 is 18.3 Å². The van der Waals surface area contributed by atoms with Gasteiger partial charge < -0.3 is 14.8 Å². The molecule has 1 aliphatic rings. The minimum atomic E-state index is -1.000. The van der Waals surface area contributed by atoms with E-state index in [1.165, 1.54) is 24.5 Å². The molecule has 0 aliphatic carbocycles. The Hall–Kier alpha value is -1.57. The lowest BCUT2D eigenvalue weighted by atomic mass is 10.1. The summed E-state index contributed by atoms with van der Waals surface area (Å²) in [6.07, 6.45) is -0.103. The second-order valence-corrected chi connectivity index (χ2v) is 5.47. The van der Waals surface area contributed by atoms with E-state index >= 15 is 0 Å². The zero-order chi connectivity index (χ0) is 14.8. The zero-order valence-corrected chi connectivity index (χ0v) is 12.2. The van der Waals surface area contributed by atoms with Crippen LogP contribution in [0.5, 0.6) is 5.75 Å². The van der Waals surface area contributed by atoms with Gasteiger partial charge in [0.15, 0.2) is 11.6 Å². The van der Waals surface area contributed by atoms with Crippen molar-refractivity contribution in [3.8, 4) is 17.0 Å². The van der Waals surface area contributed by atoms with Crippen LogP contribution in [0.4, 0.5) is 8.78 Å². The standard InChI is InChI=1S/C14H14F2N2O2S/c1-19-13-8(2-3-9(15)12(13)16)10-7-21-14(18-10)11-6-17-4-5-20-11/h2-3,7,11,17H,4-6H2,1H3. The van der Waals surface area contributed by atoms with Gasteiger partial charge >= 0.3 is 0 Å². The van der Waals surface area contributed by atoms with Crippen molar-refractivity contribution in [1.29, 1.82) is 0 Å². The van der Waals surface area contributed by atoms with Gasteiger partial charge in [-0.25, -0.2) is 9.37 Å². The van der Waals surface area contributed by atoms with Crippen LogP contribution in [0.3, 0.4) is 0 Å². The maximum absolute atomic E-state index is 13.8. The first-order chi connectivity index (χ1) is 10.2. The van der Waals surface area contributed by atoms with Crippen LogP contribution in [0.15, 0.2) is 17.5 Å². The maximum atomic E-state index is 13.8. The molecule has 1 aromatic heterocycles. The highest BCUT2D eigenvalue weighted by molar-refractivity contribution is 7.10. The quantitative estimate of drug-likeness (QED) is 0.946. The SMILES string of the molecule is COc1c(-c2csc(C3CNCCO3)n2)ccc(F)c1F. The van der Waals surface area contributed by atoms with Crippen LogP contribution in [0.25, 0.3) is 11.3 Å². The van der Waals surface area contributed by atoms with Crippen molar-refractivity contribution in [2.45, 2.75) is 6.10 Å². The zero-order valence-electron chi connectivity index (χ0n) is 11.4. The van der Waals surface area contributed by atoms with Crippen molar-refractivity contribution in [3.05, 3.63) is 34.2 Å². The molecule has 1 aliphatic heterocycles. The van der Waals surface area contributed by atoms with Gasteiger partial charge in [0.2, 0.25) is 5.82 Å². The van der Waals surface area contributed by atoms with Gasteiger partial charge in [0.25, 0.3) is 0 Å². The third kappa shape index (κ3) is 2.76. The predicted molar refractivity (Wildman–Crippen MR) is 75.6 cm³/mol. The van der Waals surface area contributed by atoms with Crippen molar-refractivity contribution >= 4 is 11.3 Å². The maximum Gasteiger partial charge on any atom is 0.201 e. The van der Waals surface area contributed by atoms with Crippen LogP contribution < -0.4 is 10.1 Å². The van der Waals surface area contributed by atoms with E-state index in [-0.39, 0.29) is 11.9 Å². The normalized spacial score (nSPS) is 18.7. The summed E-state index contributed by atoms with van der Waals surface area (Å²) < 4.78 is 37.6. The number of halogens is 2. The number of benzene rings is 1. The lowest BCUT2D eigenvalue weighted by molar-refractivity contribution is 0.0276. The van der Waals surface area contributed by atoms with Crippen molar-refractivity contribution in [2.24, 2.45) is 0 Å². The number of hydrogen-bond acceptors (Lipinski definition) is 5. The van der Waals surface area contributed by atoms with Gasteiger partial charge in [-0.05, 0) is 12.1 Å². The van der Waals surface area contributed by atoms with Gasteiger partial charge in [0, 0.05) is 24.0 Å². The highest BCUT2D eigenvalue weighted by atomic mass is 32.1. The largest absolute Gasteiger partial charge is 0.493 e. The molecule has 1 unspecified atom stereocenters. The molecule has 0 radical (unpaired) electrons. The lowest BCUT2D eigenvalue weighted by Crippen LogP contribution is -2.33. The Morgan fingerprint density at radius 2 is 2.29 bits per heavy atom. The first-order valence-corrected chi connectivity index (χ1v) is 7.38. The average molecular weight is 312 g/mol. The molecule has 0 amide bonds. The molecule has 0 saturated carbocycles. The van der Waals surface area contributed by atoms with E-state index in [1.807, 2.05) is 0 Å². The van der Waals surface area contributed by atoms with Crippen LogP contribution in [0, 0.1) is 11.6 Å². The van der Waals surface area contributed by atoms with Gasteiger partial charge in [-0.3, -0.25) is 0 Å². The van der Waals surface area contributed by atoms with E-state index in [9.17, 15) is 8.78 Å². The minimum absolute atomic E-state index is 0.103. The minimum Gasteiger partial charge on any atom is -0.493 e. The van der Waals surface area contributed by atoms with Gasteiger partial charge in [-0.1, -0.05) is 0 Å². The molecule has 1 fully saturated rings. The monoisotopic (exact) mass is 312 g/mol. The Labute approximate surface area is 124 Å². The number of hydrogen-bond donors (Lipinski definition) is 1. The number of methoxy groups -OCH3 is 1. The average Bonchev–Trinajstić information content (AvgIpc) is 3.00. The van der Waals surface area contributed by atoms with E-state index in [4.69, 9.17) is 9.47 Å². The third-order valence-corrected chi connectivity index (χ3v) is 4.19. The topological polar surface area (TPSA) is 43.4 Å². The summed E-state index contributed by atoms with van der Waals surface area (Å²) in [4.78, 5) is 4.47. The second kappa shape index (κ2) is 6.05. The van der Waals surface area contributed by atoms with E-state index < -0.39 is 11.6 Å². The molecule has 21 heavy (non-hydrogen) atoms. The molecule has 7 heteroatoms. The second-order valence-electron chi connectivity index (χ2n) is 4.58. The fourth-order valence-electron chi connectivity index (χ4n) is 2.22. The van der Waals surface area contributed by atoms with Gasteiger partial charge in [-0.15, -0.1) is 11.3 Å². The molecule has 2 aromatic rings. The Balaban J connectivity index is 1.94. The summed E-state index contributed by atoms with van der Waals surface area (Å²) in [5.41, 5.74) is 0.989. The number of morpholine rings is 1. The summed E-state index contributed by atoms with van der Waals surface area (Å²) in [6.45, 7) is 2.15. The number of nitrogens with zero attached hydrogens (tertiary/aromatic N) is 1. The smallest absolute Gasteiger partial charge is 0.201 e. The summed E-state index contributed by atoms with van der Waals surface area (Å²) in [5.74, 6) is -2.07. The first kappa shape index (κ1) is 14.4. The summed E-state index contributed by atoms with van der Waals surface area (Å²) in [6, 6.07) is 2.54. The molecule has 1 N–H and O–H groups in total. The third-order valence-electron chi connectivity index (χ3n) is 3.26. The van der Waals surface area contributed by atoms with E-state index in [0.717, 1.165) is 17.6 Å². The van der Waals surface area contributed by atoms with Crippen molar-refractivity contribution in [1.82, 2.24) is 10.3 Å². The molecule has 1 aromatic carbocycles. The molecular formula is C14H14F2N2O2S. The summed E-state index contributed by atoms with van der Waals surface area (Å²) in [5, 5.41) is 5.83. The highest BCUT2D eigenvalue weighted by Gasteiger charge is 2.22. The van der Waals surface area contributed by atoms with Crippen LogP contribution >= 0.6 is 11.3 Å². The Kier molecular flexibility index (Phi) is 4.14. The molecule has 3 rings (SSSR count). The van der Waals surface area contributed by atoms with Crippen LogP contribution in [0.2, 0.25) is 0 Å². The number of ether oxygens (including phenoxy) is 2. The summed E-state index contributed by atoms with van der Waals surface area (Å²) in [7, 11) is 1.31. The molecular weight excluding hydrogens is 298 g/mol. The molecule has 1 atom stereocenters. The van der Waals surface area contributed by atoms with Gasteiger partial charge in [0.05, 0.1) is 19.4 Å². The van der Waals surface area contributed by atoms with Gasteiger partial charge in [0.1, 0.15) is 11.1 Å².